The first-order valence-electron chi connectivity index (χ1n) is 19.5. The third-order valence-corrected chi connectivity index (χ3v) is 9.02. The fraction of sp³-hybridized carbons (Fsp3) is 0.895. The fourth-order valence-electron chi connectivity index (χ4n) is 5.60. The molecule has 0 aliphatic rings. The van der Waals surface area contributed by atoms with Gasteiger partial charge in [-0.15, -0.1) is 0 Å². The van der Waals surface area contributed by atoms with Gasteiger partial charge in [0.25, 0.3) is 0 Å². The van der Waals surface area contributed by atoms with Crippen molar-refractivity contribution in [1.82, 2.24) is 0 Å². The van der Waals surface area contributed by atoms with Crippen LogP contribution in [0.15, 0.2) is 12.2 Å². The van der Waals surface area contributed by atoms with Crippen molar-refractivity contribution >= 4 is 19.8 Å². The van der Waals surface area contributed by atoms with Gasteiger partial charge in [0.05, 0.1) is 6.61 Å². The van der Waals surface area contributed by atoms with Crippen LogP contribution in [0.25, 0.3) is 0 Å². The van der Waals surface area contributed by atoms with Gasteiger partial charge in [-0.25, -0.2) is 4.57 Å². The topological polar surface area (TPSA) is 119 Å². The number of hydrogen-bond donors (Lipinski definition) is 2. The molecule has 8 nitrogen and oxygen atoms in total. The molecular formula is C38H73O8P. The van der Waals surface area contributed by atoms with Gasteiger partial charge in [-0.3, -0.25) is 14.1 Å². The van der Waals surface area contributed by atoms with Crippen LogP contribution in [0, 0.1) is 0 Å². The third kappa shape index (κ3) is 37.5. The van der Waals surface area contributed by atoms with Gasteiger partial charge in [0.15, 0.2) is 6.10 Å². The lowest BCUT2D eigenvalue weighted by molar-refractivity contribution is -0.161. The number of carbonyl (C=O) groups is 2. The van der Waals surface area contributed by atoms with Crippen LogP contribution in [-0.2, 0) is 28.2 Å². The van der Waals surface area contributed by atoms with Gasteiger partial charge in [0.1, 0.15) is 6.61 Å². The van der Waals surface area contributed by atoms with Gasteiger partial charge in [0, 0.05) is 12.8 Å². The van der Waals surface area contributed by atoms with E-state index >= 15 is 0 Å². The highest BCUT2D eigenvalue weighted by Crippen LogP contribution is 2.36. The molecule has 0 radical (unpaired) electrons. The minimum atomic E-state index is -4.74. The maximum absolute atomic E-state index is 12.3. The number of hydrogen-bond acceptors (Lipinski definition) is 6. The summed E-state index contributed by atoms with van der Waals surface area (Å²) in [7, 11) is -4.74. The predicted octanol–water partition coefficient (Wildman–Crippen LogP) is 11.5. The van der Waals surface area contributed by atoms with Gasteiger partial charge in [-0.05, 0) is 38.5 Å². The average Bonchev–Trinajstić information content (AvgIpc) is 3.04. The number of phosphoric acid groups is 1. The first-order chi connectivity index (χ1) is 22.8. The zero-order chi connectivity index (χ0) is 34.7. The number of ether oxygens (including phenoxy) is 2. The fourth-order valence-corrected chi connectivity index (χ4v) is 5.96. The van der Waals surface area contributed by atoms with Gasteiger partial charge in [-0.1, -0.05) is 161 Å². The Morgan fingerprint density at radius 2 is 0.894 bits per heavy atom. The molecule has 1 unspecified atom stereocenters. The molecule has 0 aromatic rings. The molecule has 0 aromatic carbocycles. The number of carbonyl (C=O) groups excluding carboxylic acids is 2. The first-order valence-corrected chi connectivity index (χ1v) is 21.0. The van der Waals surface area contributed by atoms with E-state index in [2.05, 4.69) is 30.5 Å². The largest absolute Gasteiger partial charge is 0.469 e. The molecule has 2 N–H and O–H groups in total. The van der Waals surface area contributed by atoms with Gasteiger partial charge in [-0.2, -0.15) is 0 Å². The zero-order valence-electron chi connectivity index (χ0n) is 30.4. The Labute approximate surface area is 288 Å². The molecule has 0 fully saturated rings. The van der Waals surface area contributed by atoms with E-state index in [1.54, 1.807) is 0 Å². The Bertz CT molecular complexity index is 782. The Morgan fingerprint density at radius 3 is 1.30 bits per heavy atom. The van der Waals surface area contributed by atoms with Crippen LogP contribution in [0.5, 0.6) is 0 Å². The van der Waals surface area contributed by atoms with Gasteiger partial charge >= 0.3 is 19.8 Å². The summed E-state index contributed by atoms with van der Waals surface area (Å²) in [6.07, 6.45) is 36.7. The number of esters is 2. The molecular weight excluding hydrogens is 615 g/mol. The van der Waals surface area contributed by atoms with E-state index < -0.39 is 32.5 Å². The quantitative estimate of drug-likeness (QED) is 0.0289. The molecule has 9 heteroatoms. The molecule has 278 valence electrons. The Hall–Kier alpha value is -1.21. The minimum Gasteiger partial charge on any atom is -0.462 e. The van der Waals surface area contributed by atoms with Crippen LogP contribution < -0.4 is 0 Å². The summed E-state index contributed by atoms with van der Waals surface area (Å²) in [6.45, 7) is 3.65. The summed E-state index contributed by atoms with van der Waals surface area (Å²) < 4.78 is 26.2. The van der Waals surface area contributed by atoms with Crippen molar-refractivity contribution in [3.8, 4) is 0 Å². The summed E-state index contributed by atoms with van der Waals surface area (Å²) in [4.78, 5) is 42.5. The zero-order valence-corrected chi connectivity index (χ0v) is 31.3. The summed E-state index contributed by atoms with van der Waals surface area (Å²) in [5, 5.41) is 0. The van der Waals surface area contributed by atoms with Crippen molar-refractivity contribution in [2.45, 2.75) is 206 Å². The molecule has 0 rings (SSSR count). The van der Waals surface area contributed by atoms with Crippen LogP contribution in [0.1, 0.15) is 200 Å². The van der Waals surface area contributed by atoms with Gasteiger partial charge < -0.3 is 19.3 Å². The highest BCUT2D eigenvalue weighted by molar-refractivity contribution is 7.46. The lowest BCUT2D eigenvalue weighted by atomic mass is 10.1. The van der Waals surface area contributed by atoms with E-state index in [9.17, 15) is 14.2 Å². The molecule has 0 saturated carbocycles. The van der Waals surface area contributed by atoms with E-state index in [1.807, 2.05) is 0 Å². The molecule has 0 aliphatic heterocycles. The normalized spacial score (nSPS) is 12.5. The maximum Gasteiger partial charge on any atom is 0.469 e. The van der Waals surface area contributed by atoms with E-state index in [0.717, 1.165) is 38.5 Å². The molecule has 0 aromatic heterocycles. The second kappa shape index (κ2) is 34.6. The molecule has 1 atom stereocenters. The minimum absolute atomic E-state index is 0.213. The molecule has 0 heterocycles. The molecule has 0 spiro atoms. The van der Waals surface area contributed by atoms with Crippen LogP contribution in [0.2, 0.25) is 0 Å². The predicted molar refractivity (Wildman–Crippen MR) is 193 cm³/mol. The van der Waals surface area contributed by atoms with Crippen molar-refractivity contribution in [1.29, 1.82) is 0 Å². The molecule has 0 bridgehead atoms. The summed E-state index contributed by atoms with van der Waals surface area (Å²) in [5.74, 6) is -0.885. The van der Waals surface area contributed by atoms with Crippen molar-refractivity contribution in [3.63, 3.8) is 0 Å². The van der Waals surface area contributed by atoms with E-state index in [1.165, 1.54) is 128 Å². The number of unbranched alkanes of at least 4 members (excludes halogenated alkanes) is 24. The number of phosphoric ester groups is 1. The number of rotatable bonds is 36. The van der Waals surface area contributed by atoms with E-state index in [4.69, 9.17) is 19.3 Å². The Kier molecular flexibility index (Phi) is 33.8. The first kappa shape index (κ1) is 45.8. The monoisotopic (exact) mass is 689 g/mol. The Balaban J connectivity index is 3.83. The smallest absolute Gasteiger partial charge is 0.462 e. The van der Waals surface area contributed by atoms with Crippen molar-refractivity contribution in [2.24, 2.45) is 0 Å². The van der Waals surface area contributed by atoms with Gasteiger partial charge in [0.2, 0.25) is 0 Å². The second-order valence-corrected chi connectivity index (χ2v) is 14.5. The maximum atomic E-state index is 12.3. The van der Waals surface area contributed by atoms with Crippen molar-refractivity contribution in [2.75, 3.05) is 13.2 Å². The van der Waals surface area contributed by atoms with Crippen LogP contribution in [-0.4, -0.2) is 41.0 Å². The van der Waals surface area contributed by atoms with E-state index in [-0.39, 0.29) is 19.4 Å². The van der Waals surface area contributed by atoms with E-state index in [0.29, 0.717) is 6.42 Å². The van der Waals surface area contributed by atoms with Crippen LogP contribution in [0.3, 0.4) is 0 Å². The van der Waals surface area contributed by atoms with Crippen LogP contribution >= 0.6 is 7.82 Å². The molecule has 0 saturated heterocycles. The third-order valence-electron chi connectivity index (χ3n) is 8.53. The average molecular weight is 689 g/mol. The summed E-state index contributed by atoms with van der Waals surface area (Å²) in [5.41, 5.74) is 0. The molecule has 0 amide bonds. The van der Waals surface area contributed by atoms with Crippen molar-refractivity contribution in [3.05, 3.63) is 12.2 Å². The second-order valence-electron chi connectivity index (χ2n) is 13.3. The molecule has 0 aliphatic carbocycles. The summed E-state index contributed by atoms with van der Waals surface area (Å²) >= 11 is 0. The molecule has 47 heavy (non-hydrogen) atoms. The number of allylic oxidation sites excluding steroid dienone is 2. The lowest BCUT2D eigenvalue weighted by Crippen LogP contribution is -2.29. The standard InChI is InChI=1S/C38H73O8P/c1-3-5-7-9-11-13-14-15-16-17-18-19-20-21-22-23-24-25-27-29-31-33-38(40)46-36(35-45-47(41,42)43)34-44-37(39)32-30-28-26-12-10-8-6-4-2/h17-18,36H,3-16,19-35H2,1-2H3,(H2,41,42,43)/b18-17-. The Morgan fingerprint density at radius 1 is 0.532 bits per heavy atom. The van der Waals surface area contributed by atoms with Crippen molar-refractivity contribution < 1.29 is 37.9 Å². The summed E-state index contributed by atoms with van der Waals surface area (Å²) in [6, 6.07) is 0. The van der Waals surface area contributed by atoms with Crippen LogP contribution in [0.4, 0.5) is 0 Å². The SMILES string of the molecule is CCCCCCCCCC/C=C\CCCCCCCCCCCC(=O)OC(COC(=O)CCCCCCCCCC)COP(=O)(O)O. The highest BCUT2D eigenvalue weighted by Gasteiger charge is 2.22. The highest BCUT2D eigenvalue weighted by atomic mass is 31.2. The lowest BCUT2D eigenvalue weighted by Gasteiger charge is -2.18.